The van der Waals surface area contributed by atoms with Crippen LogP contribution in [-0.4, -0.2) is 67.9 Å². The first-order chi connectivity index (χ1) is 11.4. The zero-order valence-corrected chi connectivity index (χ0v) is 18.9. The van der Waals surface area contributed by atoms with Crippen molar-refractivity contribution in [2.24, 2.45) is 4.99 Å². The maximum Gasteiger partial charge on any atom is 0.214 e. The van der Waals surface area contributed by atoms with Crippen LogP contribution in [0.5, 0.6) is 0 Å². The van der Waals surface area contributed by atoms with Crippen LogP contribution in [0, 0.1) is 0 Å². The number of hydrogen-bond donors (Lipinski definition) is 3. The third kappa shape index (κ3) is 8.87. The van der Waals surface area contributed by atoms with Crippen LogP contribution in [0.4, 0.5) is 0 Å². The van der Waals surface area contributed by atoms with E-state index in [9.17, 15) is 13.5 Å². The second-order valence-corrected chi connectivity index (χ2v) is 8.50. The summed E-state index contributed by atoms with van der Waals surface area (Å²) in [6.45, 7) is 8.72. The van der Waals surface area contributed by atoms with Gasteiger partial charge in [0.1, 0.15) is 0 Å². The van der Waals surface area contributed by atoms with Crippen molar-refractivity contribution < 1.29 is 13.5 Å². The highest BCUT2D eigenvalue weighted by Crippen LogP contribution is 2.19. The summed E-state index contributed by atoms with van der Waals surface area (Å²) in [4.78, 5) is 4.50. The number of aliphatic hydroxyl groups is 1. The molecule has 0 radical (unpaired) electrons. The number of sulfonamides is 1. The fourth-order valence-corrected chi connectivity index (χ4v) is 4.55. The van der Waals surface area contributed by atoms with E-state index in [0.717, 1.165) is 25.7 Å². The molecule has 9 heteroatoms. The molecule has 0 spiro atoms. The molecule has 3 N–H and O–H groups in total. The average molecular weight is 490 g/mol. The fraction of sp³-hybridized carbons (Fsp3) is 0.938. The first-order valence-electron chi connectivity index (χ1n) is 9.09. The minimum Gasteiger partial charge on any atom is -0.388 e. The summed E-state index contributed by atoms with van der Waals surface area (Å²) in [6, 6.07) is 0. The van der Waals surface area contributed by atoms with Gasteiger partial charge in [0.15, 0.2) is 5.96 Å². The van der Waals surface area contributed by atoms with Gasteiger partial charge >= 0.3 is 0 Å². The molecule has 0 saturated carbocycles. The third-order valence-electron chi connectivity index (χ3n) is 4.16. The van der Waals surface area contributed by atoms with E-state index in [1.54, 1.807) is 0 Å². The molecule has 0 aromatic rings. The van der Waals surface area contributed by atoms with E-state index < -0.39 is 15.6 Å². The Labute approximate surface area is 170 Å². The lowest BCUT2D eigenvalue weighted by Gasteiger charge is -2.26. The van der Waals surface area contributed by atoms with Crippen molar-refractivity contribution in [2.45, 2.75) is 58.5 Å². The normalized spacial score (nSPS) is 18.0. The quantitative estimate of drug-likeness (QED) is 0.245. The highest BCUT2D eigenvalue weighted by molar-refractivity contribution is 14.0. The Morgan fingerprint density at radius 2 is 1.84 bits per heavy atom. The van der Waals surface area contributed by atoms with Crippen LogP contribution in [0.15, 0.2) is 4.99 Å². The average Bonchev–Trinajstić information content (AvgIpc) is 2.84. The highest BCUT2D eigenvalue weighted by Gasteiger charge is 2.27. The zero-order valence-electron chi connectivity index (χ0n) is 15.8. The van der Waals surface area contributed by atoms with Crippen molar-refractivity contribution in [3.8, 4) is 0 Å². The Balaban J connectivity index is 0.00000576. The zero-order chi connectivity index (χ0) is 18.1. The van der Waals surface area contributed by atoms with E-state index in [1.165, 1.54) is 4.31 Å². The van der Waals surface area contributed by atoms with E-state index in [2.05, 4.69) is 29.5 Å². The minimum absolute atomic E-state index is 0. The van der Waals surface area contributed by atoms with E-state index in [4.69, 9.17) is 0 Å². The summed E-state index contributed by atoms with van der Waals surface area (Å²) < 4.78 is 25.1. The number of rotatable bonds is 10. The summed E-state index contributed by atoms with van der Waals surface area (Å²) in [5, 5.41) is 17.0. The summed E-state index contributed by atoms with van der Waals surface area (Å²) in [5.41, 5.74) is -0.760. The second-order valence-electron chi connectivity index (χ2n) is 6.41. The Morgan fingerprint density at radius 3 is 2.32 bits per heavy atom. The molecular formula is C16H35IN4O3S. The number of hydrogen-bond acceptors (Lipinski definition) is 4. The number of nitrogens with one attached hydrogen (secondary N) is 2. The molecule has 1 saturated heterocycles. The fourth-order valence-electron chi connectivity index (χ4n) is 3.02. The standard InChI is InChI=1S/C16H34N4O3S.HI/c1-4-8-16(21,9-5-2)14-19-15(17-6-3)18-10-12-20-11-7-13-24(20,22)23;/h21H,4-14H2,1-3H3,(H2,17,18,19);1H. The van der Waals surface area contributed by atoms with Gasteiger partial charge in [0.05, 0.1) is 17.9 Å². The van der Waals surface area contributed by atoms with Crippen LogP contribution in [0.25, 0.3) is 0 Å². The Bertz CT molecular complexity index is 494. The van der Waals surface area contributed by atoms with E-state index >= 15 is 0 Å². The molecule has 25 heavy (non-hydrogen) atoms. The van der Waals surface area contributed by atoms with Crippen molar-refractivity contribution in [3.05, 3.63) is 0 Å². The molecule has 1 heterocycles. The third-order valence-corrected chi connectivity index (χ3v) is 6.12. The van der Waals surface area contributed by atoms with Gasteiger partial charge in [-0.05, 0) is 26.2 Å². The Hall–Kier alpha value is -0.130. The van der Waals surface area contributed by atoms with Crippen molar-refractivity contribution >= 4 is 40.0 Å². The van der Waals surface area contributed by atoms with Gasteiger partial charge in [0.25, 0.3) is 0 Å². The lowest BCUT2D eigenvalue weighted by Crippen LogP contribution is -2.43. The number of nitrogens with zero attached hydrogens (tertiary/aromatic N) is 2. The Kier molecular flexibility index (Phi) is 12.2. The van der Waals surface area contributed by atoms with E-state index in [-0.39, 0.29) is 29.7 Å². The molecule has 0 amide bonds. The molecule has 1 aliphatic heterocycles. The van der Waals surface area contributed by atoms with Crippen LogP contribution in [-0.2, 0) is 10.0 Å². The molecule has 0 bridgehead atoms. The molecule has 7 nitrogen and oxygen atoms in total. The number of halogens is 1. The van der Waals surface area contributed by atoms with Crippen LogP contribution >= 0.6 is 24.0 Å². The van der Waals surface area contributed by atoms with Gasteiger partial charge in [0.2, 0.25) is 10.0 Å². The molecule has 0 unspecified atom stereocenters. The molecule has 150 valence electrons. The second kappa shape index (κ2) is 12.3. The van der Waals surface area contributed by atoms with E-state index in [1.807, 2.05) is 6.92 Å². The number of aliphatic imine (C=N–C) groups is 1. The van der Waals surface area contributed by atoms with Gasteiger partial charge in [-0.1, -0.05) is 26.7 Å². The van der Waals surface area contributed by atoms with Crippen molar-refractivity contribution in [2.75, 3.05) is 38.5 Å². The van der Waals surface area contributed by atoms with Gasteiger partial charge < -0.3 is 15.7 Å². The van der Waals surface area contributed by atoms with Crippen LogP contribution in [0.3, 0.4) is 0 Å². The van der Waals surface area contributed by atoms with Gasteiger partial charge in [-0.2, -0.15) is 0 Å². The van der Waals surface area contributed by atoms with Gasteiger partial charge in [-0.3, -0.25) is 4.99 Å². The minimum atomic E-state index is -3.05. The first-order valence-corrected chi connectivity index (χ1v) is 10.7. The van der Waals surface area contributed by atoms with Crippen LogP contribution < -0.4 is 10.6 Å². The monoisotopic (exact) mass is 490 g/mol. The smallest absolute Gasteiger partial charge is 0.214 e. The number of guanidine groups is 1. The molecule has 1 fully saturated rings. The summed E-state index contributed by atoms with van der Waals surface area (Å²) in [5.74, 6) is 0.877. The van der Waals surface area contributed by atoms with Gasteiger partial charge in [-0.15, -0.1) is 24.0 Å². The highest BCUT2D eigenvalue weighted by atomic mass is 127. The molecular weight excluding hydrogens is 455 g/mol. The summed E-state index contributed by atoms with van der Waals surface area (Å²) in [7, 11) is -3.05. The molecule has 1 aliphatic rings. The predicted octanol–water partition coefficient (Wildman–Crippen LogP) is 1.53. The topological polar surface area (TPSA) is 94.0 Å². The lowest BCUT2D eigenvalue weighted by molar-refractivity contribution is 0.0306. The molecule has 0 aromatic heterocycles. The molecule has 1 rings (SSSR count). The lowest BCUT2D eigenvalue weighted by atomic mass is 9.93. The first kappa shape index (κ1) is 24.9. The van der Waals surface area contributed by atoms with Crippen molar-refractivity contribution in [3.63, 3.8) is 0 Å². The molecule has 0 aliphatic carbocycles. The maximum absolute atomic E-state index is 11.8. The molecule has 0 aromatic carbocycles. The van der Waals surface area contributed by atoms with Crippen LogP contribution in [0.1, 0.15) is 52.9 Å². The van der Waals surface area contributed by atoms with Crippen molar-refractivity contribution in [1.29, 1.82) is 0 Å². The van der Waals surface area contributed by atoms with Gasteiger partial charge in [0, 0.05) is 26.2 Å². The largest absolute Gasteiger partial charge is 0.388 e. The van der Waals surface area contributed by atoms with Gasteiger partial charge in [-0.25, -0.2) is 12.7 Å². The van der Waals surface area contributed by atoms with Crippen LogP contribution in [0.2, 0.25) is 0 Å². The molecule has 0 atom stereocenters. The summed E-state index contributed by atoms with van der Waals surface area (Å²) in [6.07, 6.45) is 4.01. The van der Waals surface area contributed by atoms with Crippen molar-refractivity contribution in [1.82, 2.24) is 14.9 Å². The maximum atomic E-state index is 11.8. The Morgan fingerprint density at radius 1 is 1.20 bits per heavy atom. The predicted molar refractivity (Wildman–Crippen MR) is 114 cm³/mol. The SMILES string of the molecule is CCCC(O)(CCC)CN=C(NCC)NCCN1CCCS1(=O)=O.I. The van der Waals surface area contributed by atoms with E-state index in [0.29, 0.717) is 45.1 Å². The summed E-state index contributed by atoms with van der Waals surface area (Å²) >= 11 is 0.